The molecule has 2 rings (SSSR count). The Morgan fingerprint density at radius 2 is 2.11 bits per heavy atom. The van der Waals surface area contributed by atoms with Gasteiger partial charge in [0.25, 0.3) is 0 Å². The van der Waals surface area contributed by atoms with Gasteiger partial charge in [-0.2, -0.15) is 0 Å². The Hall–Kier alpha value is -0.960. The van der Waals surface area contributed by atoms with Gasteiger partial charge in [0.1, 0.15) is 5.82 Å². The van der Waals surface area contributed by atoms with Crippen molar-refractivity contribution in [2.75, 3.05) is 6.54 Å². The third-order valence-electron chi connectivity index (χ3n) is 4.46. The molecule has 1 N–H and O–H groups in total. The highest BCUT2D eigenvalue weighted by molar-refractivity contribution is 5.10. The van der Waals surface area contributed by atoms with Crippen LogP contribution in [-0.2, 0) is 0 Å². The van der Waals surface area contributed by atoms with Gasteiger partial charge in [0.15, 0.2) is 0 Å². The number of nitrogens with zero attached hydrogens (tertiary/aromatic N) is 2. The zero-order chi connectivity index (χ0) is 13.7. The monoisotopic (exact) mass is 261 g/mol. The van der Waals surface area contributed by atoms with Crippen LogP contribution >= 0.6 is 0 Å². The molecule has 3 atom stereocenters. The summed E-state index contributed by atoms with van der Waals surface area (Å²) < 4.78 is 0. The molecule has 1 heterocycles. The Kier molecular flexibility index (Phi) is 5.32. The molecule has 3 unspecified atom stereocenters. The van der Waals surface area contributed by atoms with E-state index in [-0.39, 0.29) is 0 Å². The highest BCUT2D eigenvalue weighted by Gasteiger charge is 2.32. The van der Waals surface area contributed by atoms with Crippen LogP contribution in [0.4, 0.5) is 0 Å². The van der Waals surface area contributed by atoms with E-state index in [2.05, 4.69) is 35.2 Å². The van der Waals surface area contributed by atoms with Crippen LogP contribution in [0.1, 0.15) is 63.5 Å². The summed E-state index contributed by atoms with van der Waals surface area (Å²) in [7, 11) is 0. The number of hydrogen-bond acceptors (Lipinski definition) is 3. The molecule has 1 aromatic rings. The summed E-state index contributed by atoms with van der Waals surface area (Å²) in [5, 5.41) is 3.67. The summed E-state index contributed by atoms with van der Waals surface area (Å²) in [5.41, 5.74) is 1.18. The van der Waals surface area contributed by atoms with Gasteiger partial charge in [0, 0.05) is 6.20 Å². The van der Waals surface area contributed by atoms with Crippen LogP contribution in [-0.4, -0.2) is 16.5 Å². The molecule has 0 radical (unpaired) electrons. The fraction of sp³-hybridized carbons (Fsp3) is 0.750. The van der Waals surface area contributed by atoms with E-state index in [1.54, 1.807) is 0 Å². The van der Waals surface area contributed by atoms with Gasteiger partial charge in [-0.3, -0.25) is 0 Å². The van der Waals surface area contributed by atoms with Crippen LogP contribution in [0.5, 0.6) is 0 Å². The number of nitrogens with one attached hydrogen (secondary N) is 1. The van der Waals surface area contributed by atoms with Crippen molar-refractivity contribution in [1.82, 2.24) is 15.3 Å². The van der Waals surface area contributed by atoms with E-state index in [4.69, 9.17) is 0 Å². The van der Waals surface area contributed by atoms with Crippen LogP contribution in [0.2, 0.25) is 0 Å². The van der Waals surface area contributed by atoms with E-state index in [0.29, 0.717) is 6.04 Å². The van der Waals surface area contributed by atoms with E-state index >= 15 is 0 Å². The minimum absolute atomic E-state index is 0.400. The van der Waals surface area contributed by atoms with Gasteiger partial charge in [-0.05, 0) is 37.8 Å². The second kappa shape index (κ2) is 6.99. The molecule has 1 aliphatic rings. The quantitative estimate of drug-likeness (QED) is 0.879. The SMILES string of the molecule is CCNC(c1ccnc(C)n1)C1CCCCC1CC. The second-order valence-corrected chi connectivity index (χ2v) is 5.68. The molecule has 0 aromatic carbocycles. The molecule has 1 aliphatic carbocycles. The minimum Gasteiger partial charge on any atom is -0.309 e. The normalized spacial score (nSPS) is 25.2. The topological polar surface area (TPSA) is 37.8 Å². The standard InChI is InChI=1S/C16H27N3/c1-4-13-8-6-7-9-14(13)16(17-5-2)15-10-11-18-12(3)19-15/h10-11,13-14,16-17H,4-9H2,1-3H3. The molecule has 0 saturated heterocycles. The van der Waals surface area contributed by atoms with Crippen LogP contribution in [0.3, 0.4) is 0 Å². The Morgan fingerprint density at radius 3 is 2.79 bits per heavy atom. The lowest BCUT2D eigenvalue weighted by molar-refractivity contribution is 0.174. The maximum absolute atomic E-state index is 4.66. The van der Waals surface area contributed by atoms with Gasteiger partial charge in [-0.25, -0.2) is 9.97 Å². The molecule has 0 bridgehead atoms. The summed E-state index contributed by atoms with van der Waals surface area (Å²) in [6.45, 7) is 7.49. The summed E-state index contributed by atoms with van der Waals surface area (Å²) in [6, 6.07) is 2.48. The van der Waals surface area contributed by atoms with Crippen molar-refractivity contribution >= 4 is 0 Å². The summed E-state index contributed by atoms with van der Waals surface area (Å²) in [5.74, 6) is 2.45. The molecule has 0 spiro atoms. The fourth-order valence-corrected chi connectivity index (χ4v) is 3.52. The average molecular weight is 261 g/mol. The Labute approximate surface area is 117 Å². The number of rotatable bonds is 5. The van der Waals surface area contributed by atoms with Crippen molar-refractivity contribution in [1.29, 1.82) is 0 Å². The molecule has 3 heteroatoms. The van der Waals surface area contributed by atoms with E-state index < -0.39 is 0 Å². The van der Waals surface area contributed by atoms with Crippen LogP contribution in [0.15, 0.2) is 12.3 Å². The van der Waals surface area contributed by atoms with Crippen molar-refractivity contribution < 1.29 is 0 Å². The van der Waals surface area contributed by atoms with E-state index in [1.165, 1.54) is 37.8 Å². The lowest BCUT2D eigenvalue weighted by atomic mass is 9.73. The van der Waals surface area contributed by atoms with Crippen LogP contribution < -0.4 is 5.32 Å². The predicted molar refractivity (Wildman–Crippen MR) is 78.9 cm³/mol. The van der Waals surface area contributed by atoms with Crippen molar-refractivity contribution in [3.63, 3.8) is 0 Å². The van der Waals surface area contributed by atoms with Crippen LogP contribution in [0, 0.1) is 18.8 Å². The first kappa shape index (κ1) is 14.4. The van der Waals surface area contributed by atoms with Crippen molar-refractivity contribution in [2.45, 2.75) is 58.9 Å². The number of aromatic nitrogens is 2. The fourth-order valence-electron chi connectivity index (χ4n) is 3.52. The third kappa shape index (κ3) is 3.53. The molecule has 1 saturated carbocycles. The lowest BCUT2D eigenvalue weighted by Gasteiger charge is -2.37. The largest absolute Gasteiger partial charge is 0.309 e. The average Bonchev–Trinajstić information content (AvgIpc) is 2.45. The predicted octanol–water partition coefficient (Wildman–Crippen LogP) is 3.65. The van der Waals surface area contributed by atoms with Gasteiger partial charge >= 0.3 is 0 Å². The first-order valence-corrected chi connectivity index (χ1v) is 7.79. The lowest BCUT2D eigenvalue weighted by Crippen LogP contribution is -2.35. The molecule has 1 fully saturated rings. The van der Waals surface area contributed by atoms with E-state index in [0.717, 1.165) is 24.2 Å². The molecule has 1 aromatic heterocycles. The van der Waals surface area contributed by atoms with Gasteiger partial charge in [-0.15, -0.1) is 0 Å². The van der Waals surface area contributed by atoms with Crippen LogP contribution in [0.25, 0.3) is 0 Å². The second-order valence-electron chi connectivity index (χ2n) is 5.68. The Morgan fingerprint density at radius 1 is 1.32 bits per heavy atom. The van der Waals surface area contributed by atoms with Gasteiger partial charge in [0.05, 0.1) is 11.7 Å². The zero-order valence-corrected chi connectivity index (χ0v) is 12.5. The highest BCUT2D eigenvalue weighted by atomic mass is 15.0. The van der Waals surface area contributed by atoms with Crippen molar-refractivity contribution in [3.05, 3.63) is 23.8 Å². The van der Waals surface area contributed by atoms with Crippen molar-refractivity contribution in [3.8, 4) is 0 Å². The van der Waals surface area contributed by atoms with Crippen molar-refractivity contribution in [2.24, 2.45) is 11.8 Å². The van der Waals surface area contributed by atoms with Gasteiger partial charge in [0.2, 0.25) is 0 Å². The number of hydrogen-bond donors (Lipinski definition) is 1. The summed E-state index contributed by atoms with van der Waals surface area (Å²) in [4.78, 5) is 8.89. The maximum Gasteiger partial charge on any atom is 0.125 e. The smallest absolute Gasteiger partial charge is 0.125 e. The number of aryl methyl sites for hydroxylation is 1. The Bertz CT molecular complexity index is 391. The molecule has 0 amide bonds. The van der Waals surface area contributed by atoms with Gasteiger partial charge < -0.3 is 5.32 Å². The molecule has 0 aliphatic heterocycles. The zero-order valence-electron chi connectivity index (χ0n) is 12.5. The first-order chi connectivity index (χ1) is 9.26. The minimum atomic E-state index is 0.400. The first-order valence-electron chi connectivity index (χ1n) is 7.79. The molecular weight excluding hydrogens is 234 g/mol. The maximum atomic E-state index is 4.66. The van der Waals surface area contributed by atoms with Gasteiger partial charge in [-0.1, -0.05) is 39.5 Å². The third-order valence-corrected chi connectivity index (χ3v) is 4.46. The summed E-state index contributed by atoms with van der Waals surface area (Å²) in [6.07, 6.45) is 8.67. The molecule has 3 nitrogen and oxygen atoms in total. The molecular formula is C16H27N3. The summed E-state index contributed by atoms with van der Waals surface area (Å²) >= 11 is 0. The van der Waals surface area contributed by atoms with E-state index in [1.807, 2.05) is 13.1 Å². The van der Waals surface area contributed by atoms with E-state index in [9.17, 15) is 0 Å². The Balaban J connectivity index is 2.23. The highest BCUT2D eigenvalue weighted by Crippen LogP contribution is 2.39. The molecule has 19 heavy (non-hydrogen) atoms. The molecule has 106 valence electrons.